The number of carbonyl (C=O) groups excluding carboxylic acids is 7. The zero-order valence-electron chi connectivity index (χ0n) is 66.8. The molecule has 0 saturated heterocycles. The number of carboxylic acids is 3. The number of ether oxygens (including phenoxy) is 12. The van der Waals surface area contributed by atoms with Crippen molar-refractivity contribution < 1.29 is 141 Å². The molecule has 0 bridgehead atoms. The van der Waals surface area contributed by atoms with Crippen molar-refractivity contribution in [2.24, 2.45) is 5.73 Å². The van der Waals surface area contributed by atoms with Gasteiger partial charge in [0.05, 0.1) is 211 Å². The number of ketones is 3. The Morgan fingerprint density at radius 2 is 0.527 bits per heavy atom. The third-order valence-corrected chi connectivity index (χ3v) is 15.5. The van der Waals surface area contributed by atoms with Gasteiger partial charge in [0.2, 0.25) is 23.6 Å². The van der Waals surface area contributed by atoms with Gasteiger partial charge in [-0.15, -0.1) is 0 Å². The maximum Gasteiger partial charge on any atom is 0.317 e. The summed E-state index contributed by atoms with van der Waals surface area (Å²) in [7, 11) is 0. The molecule has 112 heavy (non-hydrogen) atoms. The predicted octanol–water partition coefficient (Wildman–Crippen LogP) is -5.11. The maximum atomic E-state index is 12.7. The molecule has 0 fully saturated rings. The number of nitrogens with two attached hydrogens (primary N) is 1. The third-order valence-electron chi connectivity index (χ3n) is 15.5. The predicted molar refractivity (Wildman–Crippen MR) is 409 cm³/mol. The first kappa shape index (κ1) is 108. The molecule has 0 aromatic heterocycles. The highest BCUT2D eigenvalue weighted by atomic mass is 16.5. The monoisotopic (exact) mass is 1620 g/mol. The van der Waals surface area contributed by atoms with E-state index in [2.05, 4.69) is 21.3 Å². The van der Waals surface area contributed by atoms with Crippen molar-refractivity contribution in [3.63, 3.8) is 0 Å². The van der Waals surface area contributed by atoms with Crippen LogP contribution in [0.1, 0.15) is 71.6 Å². The smallest absolute Gasteiger partial charge is 0.317 e. The molecule has 0 saturated carbocycles. The number of aliphatic hydroxyl groups excluding tert-OH is 4. The van der Waals surface area contributed by atoms with Gasteiger partial charge in [0, 0.05) is 163 Å². The van der Waals surface area contributed by atoms with Gasteiger partial charge in [-0.3, -0.25) is 72.6 Å². The zero-order valence-corrected chi connectivity index (χ0v) is 66.8. The number of Topliss-reactive ketones (excluding diaryl/α,β-unsaturated/α-hetero) is 3. The lowest BCUT2D eigenvalue weighted by Crippen LogP contribution is -2.41. The van der Waals surface area contributed by atoms with Crippen LogP contribution >= 0.6 is 0 Å². The van der Waals surface area contributed by atoms with Crippen LogP contribution in [-0.4, -0.2) is 460 Å². The van der Waals surface area contributed by atoms with Gasteiger partial charge in [-0.05, 0) is 26.2 Å². The van der Waals surface area contributed by atoms with Crippen molar-refractivity contribution in [1.82, 2.24) is 50.7 Å². The molecule has 0 aliphatic rings. The molecule has 0 unspecified atom stereocenters. The van der Waals surface area contributed by atoms with Crippen molar-refractivity contribution >= 4 is 58.9 Å². The number of rotatable bonds is 86. The second-order valence-electron chi connectivity index (χ2n) is 25.3. The fraction of sp³-hybridized carbons (Fsp3) is 0.861. The van der Waals surface area contributed by atoms with Crippen LogP contribution in [-0.2, 0) is 105 Å². The Hall–Kier alpha value is -5.62. The molecule has 0 spiro atoms. The Labute approximate surface area is 660 Å². The highest BCUT2D eigenvalue weighted by Crippen LogP contribution is 2.03. The van der Waals surface area contributed by atoms with E-state index in [9.17, 15) is 58.2 Å². The Kier molecular flexibility index (Phi) is 79.3. The van der Waals surface area contributed by atoms with Gasteiger partial charge in [0.25, 0.3) is 0 Å². The number of hydrogen-bond donors (Lipinski definition) is 12. The minimum absolute atomic E-state index is 0.000450. The Morgan fingerprint density at radius 1 is 0.277 bits per heavy atom. The highest BCUT2D eigenvalue weighted by molar-refractivity contribution is 5.84. The normalized spacial score (nSPS) is 11.5. The van der Waals surface area contributed by atoms with E-state index in [1.165, 1.54) is 6.92 Å². The molecule has 656 valence electrons. The minimum atomic E-state index is -1.05. The average molecular weight is 1620 g/mol. The number of hydrogen-bond acceptors (Lipinski definition) is 33. The quantitative estimate of drug-likeness (QED) is 0.0253. The molecule has 40 heteroatoms. The Bertz CT molecular complexity index is 2180. The van der Waals surface area contributed by atoms with E-state index in [-0.39, 0.29) is 231 Å². The molecular weight excluding hydrogens is 1480 g/mol. The number of nitrogens with zero attached hydrogens (tertiary/aromatic N) is 6. The molecule has 13 N–H and O–H groups in total. The summed E-state index contributed by atoms with van der Waals surface area (Å²) < 4.78 is 66.0. The van der Waals surface area contributed by atoms with E-state index in [0.29, 0.717) is 197 Å². The number of aliphatic hydroxyl groups is 4. The summed E-state index contributed by atoms with van der Waals surface area (Å²) in [5.41, 5.74) is 5.44. The van der Waals surface area contributed by atoms with Crippen LogP contribution in [0.25, 0.3) is 0 Å². The number of carbonyl (C=O) groups is 10. The van der Waals surface area contributed by atoms with Crippen LogP contribution < -0.4 is 27.0 Å². The molecular formula is C72H139N11O29. The Balaban J connectivity index is 0. The molecule has 0 radical (unpaired) electrons. The van der Waals surface area contributed by atoms with Crippen molar-refractivity contribution in [2.75, 3.05) is 336 Å². The summed E-state index contributed by atoms with van der Waals surface area (Å²) in [4.78, 5) is 129. The minimum Gasteiger partial charge on any atom is -0.481 e. The molecule has 0 aliphatic carbocycles. The van der Waals surface area contributed by atoms with Crippen LogP contribution in [0.15, 0.2) is 0 Å². The summed E-state index contributed by atoms with van der Waals surface area (Å²) >= 11 is 0. The molecule has 0 aromatic rings. The molecule has 4 amide bonds. The molecule has 0 heterocycles. The standard InChI is InChI=1S/C40H74N6O17.C32H65N5O12/c1-34(49)4-5-36(51)41-8-20-59-24-11-44(12-27-62-29-17-47)31-35(50)3-2-19-58-23-15-46(33-40(56)57)16-26-61-22-10-43-38(53)32-45(14-28-63-30-18-48)13-25-60-21-9-42-37(52)6-7-39(54)55;1-2-15-44-19-7-35(8-23-48-25-13-38)27-30(40)4-3-16-45-20-11-37(29-32(42)43)12-22-47-18-6-34-31(41)28-36(9-21-46-17-5-33)10-24-49-26-14-39/h47-48H,2-33H2,1H3,(H,41,51)(H,42,52)(H,43,53)(H,54,55)(H,56,57);38-39H,2-29,33H2,1H3,(H,34,41)(H,42,43). The van der Waals surface area contributed by atoms with Gasteiger partial charge < -0.3 is 124 Å². The second kappa shape index (κ2) is 81.9. The van der Waals surface area contributed by atoms with Crippen LogP contribution in [0.2, 0.25) is 0 Å². The summed E-state index contributed by atoms with van der Waals surface area (Å²) in [6.45, 7) is 17.9. The lowest BCUT2D eigenvalue weighted by Gasteiger charge is -2.22. The summed E-state index contributed by atoms with van der Waals surface area (Å²) in [6.07, 6.45) is 2.58. The highest BCUT2D eigenvalue weighted by Gasteiger charge is 2.18. The van der Waals surface area contributed by atoms with Gasteiger partial charge in [-0.25, -0.2) is 0 Å². The molecule has 40 nitrogen and oxygen atoms in total. The third kappa shape index (κ3) is 79.6. The topological polar surface area (TPSA) is 517 Å². The van der Waals surface area contributed by atoms with Crippen LogP contribution in [0, 0.1) is 0 Å². The van der Waals surface area contributed by atoms with Crippen LogP contribution in [0.4, 0.5) is 0 Å². The first-order chi connectivity index (χ1) is 54.2. The molecule has 0 rings (SSSR count). The largest absolute Gasteiger partial charge is 0.481 e. The SMILES string of the molecule is CC(=O)CCC(=O)NCCOCCN(CCOCCO)CC(=O)CCCOCCN(CCOCCNC(=O)CN(CCOCCO)CCOCCNC(=O)CCC(=O)O)CC(=O)O.CCCOCCN(CCOCCO)CC(=O)CCCOCCN(CCOCCNC(=O)CN(CCOCCN)CCOCCO)CC(=O)O. The first-order valence-corrected chi connectivity index (χ1v) is 38.9. The van der Waals surface area contributed by atoms with E-state index in [0.717, 1.165) is 6.42 Å². The van der Waals surface area contributed by atoms with Crippen molar-refractivity contribution in [1.29, 1.82) is 0 Å². The Morgan fingerprint density at radius 3 is 0.795 bits per heavy atom. The average Bonchev–Trinajstić information content (AvgIpc) is 0.977. The van der Waals surface area contributed by atoms with Gasteiger partial charge in [0.1, 0.15) is 17.3 Å². The summed E-state index contributed by atoms with van der Waals surface area (Å²) in [5, 5.41) is 73.8. The van der Waals surface area contributed by atoms with Crippen LogP contribution in [0.5, 0.6) is 0 Å². The first-order valence-electron chi connectivity index (χ1n) is 38.9. The number of carboxylic acid groups (broad SMARTS) is 3. The van der Waals surface area contributed by atoms with E-state index in [1.54, 1.807) is 9.80 Å². The van der Waals surface area contributed by atoms with Crippen molar-refractivity contribution in [2.45, 2.75) is 71.6 Å². The number of aliphatic carboxylic acids is 3. The fourth-order valence-corrected chi connectivity index (χ4v) is 9.69. The van der Waals surface area contributed by atoms with E-state index < -0.39 is 17.9 Å². The summed E-state index contributed by atoms with van der Waals surface area (Å²) in [5.74, 6) is -4.00. The zero-order chi connectivity index (χ0) is 83.0. The lowest BCUT2D eigenvalue weighted by atomic mass is 10.2. The molecule has 0 aromatic carbocycles. The van der Waals surface area contributed by atoms with Gasteiger partial charge in [-0.1, -0.05) is 6.92 Å². The van der Waals surface area contributed by atoms with E-state index in [1.807, 2.05) is 26.5 Å². The van der Waals surface area contributed by atoms with Crippen molar-refractivity contribution in [3.8, 4) is 0 Å². The second-order valence-corrected chi connectivity index (χ2v) is 25.3. The van der Waals surface area contributed by atoms with Crippen molar-refractivity contribution in [3.05, 3.63) is 0 Å². The van der Waals surface area contributed by atoms with E-state index in [4.69, 9.17) is 88.1 Å². The maximum absolute atomic E-state index is 12.7. The number of nitrogens with one attached hydrogen (secondary N) is 4. The number of amides is 4. The van der Waals surface area contributed by atoms with Gasteiger partial charge >= 0.3 is 17.9 Å². The van der Waals surface area contributed by atoms with Crippen LogP contribution in [0.3, 0.4) is 0 Å². The fourth-order valence-electron chi connectivity index (χ4n) is 9.69. The lowest BCUT2D eigenvalue weighted by molar-refractivity contribution is -0.139. The van der Waals surface area contributed by atoms with Gasteiger partial charge in [-0.2, -0.15) is 0 Å². The van der Waals surface area contributed by atoms with Gasteiger partial charge in [0.15, 0.2) is 0 Å². The molecule has 0 atom stereocenters. The molecule has 0 aliphatic heterocycles. The summed E-state index contributed by atoms with van der Waals surface area (Å²) in [6, 6.07) is 0. The van der Waals surface area contributed by atoms with E-state index >= 15 is 0 Å².